The van der Waals surface area contributed by atoms with E-state index >= 15 is 0 Å². The number of nitrogens with zero attached hydrogens (tertiary/aromatic N) is 1. The van der Waals surface area contributed by atoms with Gasteiger partial charge in [-0.25, -0.2) is 13.4 Å². The van der Waals surface area contributed by atoms with E-state index in [9.17, 15) is 8.42 Å². The summed E-state index contributed by atoms with van der Waals surface area (Å²) < 4.78 is 28.0. The summed E-state index contributed by atoms with van der Waals surface area (Å²) in [6.45, 7) is 5.20. The second kappa shape index (κ2) is 11.5. The average molecular weight is 455 g/mol. The van der Waals surface area contributed by atoms with Crippen molar-refractivity contribution >= 4 is 39.8 Å². The second-order valence-corrected chi connectivity index (χ2v) is 7.18. The normalized spacial score (nSPS) is 11.5. The Hall–Kier alpha value is -1.03. The quantitative estimate of drug-likeness (QED) is 0.355. The Labute approximate surface area is 156 Å². The molecule has 1 rings (SSSR count). The van der Waals surface area contributed by atoms with Crippen LogP contribution in [-0.4, -0.2) is 46.1 Å². The third kappa shape index (κ3) is 8.99. The highest BCUT2D eigenvalue weighted by atomic mass is 127. The van der Waals surface area contributed by atoms with Crippen molar-refractivity contribution in [3.8, 4) is 5.75 Å². The third-order valence-electron chi connectivity index (χ3n) is 3.07. The highest BCUT2D eigenvalue weighted by Gasteiger charge is 2.07. The molecule has 0 amide bonds. The van der Waals surface area contributed by atoms with E-state index in [0.717, 1.165) is 17.9 Å². The van der Waals surface area contributed by atoms with Crippen molar-refractivity contribution in [1.82, 2.24) is 10.6 Å². The van der Waals surface area contributed by atoms with Gasteiger partial charge in [-0.15, -0.1) is 24.0 Å². The monoisotopic (exact) mass is 455 g/mol. The largest absolute Gasteiger partial charge is 0.497 e. The molecule has 1 aromatic carbocycles. The fourth-order valence-corrected chi connectivity index (χ4v) is 2.41. The Kier molecular flexibility index (Phi) is 11.0. The van der Waals surface area contributed by atoms with Crippen LogP contribution in [0.25, 0.3) is 0 Å². The summed E-state index contributed by atoms with van der Waals surface area (Å²) in [7, 11) is -1.33. The summed E-state index contributed by atoms with van der Waals surface area (Å²) in [5.74, 6) is 1.69. The third-order valence-corrected chi connectivity index (χ3v) is 4.77. The molecule has 23 heavy (non-hydrogen) atoms. The van der Waals surface area contributed by atoms with Gasteiger partial charge in [0.1, 0.15) is 5.75 Å². The molecule has 1 aromatic rings. The van der Waals surface area contributed by atoms with Crippen molar-refractivity contribution in [2.45, 2.75) is 20.4 Å². The Morgan fingerprint density at radius 3 is 2.35 bits per heavy atom. The number of hydrogen-bond acceptors (Lipinski definition) is 4. The number of sulfone groups is 1. The molecule has 0 radical (unpaired) electrons. The van der Waals surface area contributed by atoms with Crippen LogP contribution in [0.4, 0.5) is 0 Å². The lowest BCUT2D eigenvalue weighted by Gasteiger charge is -2.11. The van der Waals surface area contributed by atoms with Crippen molar-refractivity contribution in [1.29, 1.82) is 0 Å². The lowest BCUT2D eigenvalue weighted by molar-refractivity contribution is 0.414. The summed E-state index contributed by atoms with van der Waals surface area (Å²) in [6, 6.07) is 7.68. The van der Waals surface area contributed by atoms with Gasteiger partial charge >= 0.3 is 0 Å². The highest BCUT2D eigenvalue weighted by molar-refractivity contribution is 14.0. The molecule has 8 heteroatoms. The maximum Gasteiger partial charge on any atom is 0.191 e. The van der Waals surface area contributed by atoms with Gasteiger partial charge < -0.3 is 15.4 Å². The van der Waals surface area contributed by atoms with Crippen molar-refractivity contribution in [2.24, 2.45) is 4.99 Å². The lowest BCUT2D eigenvalue weighted by Crippen LogP contribution is -2.39. The fraction of sp³-hybridized carbons (Fsp3) is 0.533. The Morgan fingerprint density at radius 2 is 1.83 bits per heavy atom. The van der Waals surface area contributed by atoms with Crippen molar-refractivity contribution in [3.05, 3.63) is 29.8 Å². The second-order valence-electron chi connectivity index (χ2n) is 4.71. The number of aliphatic imine (C=N–C) groups is 1. The van der Waals surface area contributed by atoms with Crippen LogP contribution >= 0.6 is 24.0 Å². The molecule has 0 aromatic heterocycles. The molecule has 0 heterocycles. The predicted molar refractivity (Wildman–Crippen MR) is 106 cm³/mol. The summed E-state index contributed by atoms with van der Waals surface area (Å²) in [4.78, 5) is 4.44. The molecular formula is C15H26IN3O3S. The highest BCUT2D eigenvalue weighted by Crippen LogP contribution is 2.11. The Balaban J connectivity index is 0.00000484. The van der Waals surface area contributed by atoms with Crippen molar-refractivity contribution in [2.75, 3.05) is 31.7 Å². The van der Waals surface area contributed by atoms with Crippen LogP contribution in [-0.2, 0) is 16.4 Å². The van der Waals surface area contributed by atoms with Gasteiger partial charge in [0.05, 0.1) is 19.4 Å². The zero-order chi connectivity index (χ0) is 16.4. The molecule has 132 valence electrons. The number of hydrogen-bond donors (Lipinski definition) is 2. The molecule has 0 saturated heterocycles. The molecule has 0 saturated carbocycles. The van der Waals surface area contributed by atoms with E-state index < -0.39 is 9.84 Å². The lowest BCUT2D eigenvalue weighted by atomic mass is 10.2. The van der Waals surface area contributed by atoms with E-state index in [1.54, 1.807) is 14.0 Å². The van der Waals surface area contributed by atoms with Gasteiger partial charge in [0.25, 0.3) is 0 Å². The Bertz CT molecular complexity index is 574. The van der Waals surface area contributed by atoms with E-state index in [1.807, 2.05) is 31.2 Å². The van der Waals surface area contributed by atoms with Crippen LogP contribution < -0.4 is 15.4 Å². The molecule has 6 nitrogen and oxygen atoms in total. The molecule has 0 unspecified atom stereocenters. The SMILES string of the molecule is CCNC(=NCc1ccc(OC)cc1)NCCS(=O)(=O)CC.I. The van der Waals surface area contributed by atoms with Crippen LogP contribution in [0.3, 0.4) is 0 Å². The van der Waals surface area contributed by atoms with Crippen molar-refractivity contribution in [3.63, 3.8) is 0 Å². The average Bonchev–Trinajstić information content (AvgIpc) is 2.53. The predicted octanol–water partition coefficient (Wildman–Crippen LogP) is 1.80. The molecule has 2 N–H and O–H groups in total. The number of methoxy groups -OCH3 is 1. The fourth-order valence-electron chi connectivity index (χ4n) is 1.71. The molecule has 0 fully saturated rings. The molecule has 0 aliphatic rings. The molecule has 0 spiro atoms. The first-order chi connectivity index (χ1) is 10.5. The first-order valence-corrected chi connectivity index (χ1v) is 9.18. The van der Waals surface area contributed by atoms with Gasteiger partial charge in [0.2, 0.25) is 0 Å². The number of benzene rings is 1. The molecule has 0 bridgehead atoms. The van der Waals surface area contributed by atoms with Crippen LogP contribution in [0, 0.1) is 0 Å². The van der Waals surface area contributed by atoms with Gasteiger partial charge in [0.15, 0.2) is 15.8 Å². The van der Waals surface area contributed by atoms with E-state index in [-0.39, 0.29) is 35.5 Å². The minimum absolute atomic E-state index is 0. The smallest absolute Gasteiger partial charge is 0.191 e. The van der Waals surface area contributed by atoms with Crippen LogP contribution in [0.15, 0.2) is 29.3 Å². The van der Waals surface area contributed by atoms with E-state index in [4.69, 9.17) is 4.74 Å². The molecule has 0 aliphatic heterocycles. The minimum atomic E-state index is -2.96. The van der Waals surface area contributed by atoms with Gasteiger partial charge in [-0.1, -0.05) is 19.1 Å². The van der Waals surface area contributed by atoms with Gasteiger partial charge in [-0.2, -0.15) is 0 Å². The number of ether oxygens (including phenoxy) is 1. The maximum absolute atomic E-state index is 11.5. The standard InChI is InChI=1S/C15H25N3O3S.HI/c1-4-16-15(17-10-11-22(19,20)5-2)18-12-13-6-8-14(21-3)9-7-13;/h6-9H,4-5,10-12H2,1-3H3,(H2,16,17,18);1H. The van der Waals surface area contributed by atoms with Gasteiger partial charge in [-0.05, 0) is 24.6 Å². The summed E-state index contributed by atoms with van der Waals surface area (Å²) in [5.41, 5.74) is 1.05. The number of nitrogens with one attached hydrogen (secondary N) is 2. The summed E-state index contributed by atoms with van der Waals surface area (Å²) >= 11 is 0. The first-order valence-electron chi connectivity index (χ1n) is 7.36. The van der Waals surface area contributed by atoms with E-state index in [0.29, 0.717) is 19.0 Å². The zero-order valence-corrected chi connectivity index (χ0v) is 17.0. The zero-order valence-electron chi connectivity index (χ0n) is 13.8. The van der Waals surface area contributed by atoms with Crippen LogP contribution in [0.1, 0.15) is 19.4 Å². The maximum atomic E-state index is 11.5. The minimum Gasteiger partial charge on any atom is -0.497 e. The first kappa shape index (κ1) is 22.0. The molecule has 0 atom stereocenters. The topological polar surface area (TPSA) is 79.8 Å². The number of rotatable bonds is 8. The number of guanidine groups is 1. The molecular weight excluding hydrogens is 429 g/mol. The van der Waals surface area contributed by atoms with Gasteiger partial charge in [0, 0.05) is 18.8 Å². The van der Waals surface area contributed by atoms with Crippen LogP contribution in [0.2, 0.25) is 0 Å². The Morgan fingerprint density at radius 1 is 1.17 bits per heavy atom. The van der Waals surface area contributed by atoms with Crippen LogP contribution in [0.5, 0.6) is 5.75 Å². The van der Waals surface area contributed by atoms with E-state index in [2.05, 4.69) is 15.6 Å². The van der Waals surface area contributed by atoms with E-state index in [1.165, 1.54) is 0 Å². The number of halogens is 1. The molecule has 0 aliphatic carbocycles. The van der Waals surface area contributed by atoms with Crippen molar-refractivity contribution < 1.29 is 13.2 Å². The summed E-state index contributed by atoms with van der Waals surface area (Å²) in [6.07, 6.45) is 0. The summed E-state index contributed by atoms with van der Waals surface area (Å²) in [5, 5.41) is 6.14. The van der Waals surface area contributed by atoms with Gasteiger partial charge in [-0.3, -0.25) is 0 Å².